The third kappa shape index (κ3) is 2.45. The molecule has 1 saturated heterocycles. The second-order valence-corrected chi connectivity index (χ2v) is 3.87. The first-order valence-electron chi connectivity index (χ1n) is 4.82. The van der Waals surface area contributed by atoms with Gasteiger partial charge >= 0.3 is 0 Å². The SMILES string of the molecule is CC(NC(=O)[C@@H]1CNC[C@H]1C)C(N)=O. The molecular weight excluding hydrogens is 182 g/mol. The highest BCUT2D eigenvalue weighted by Crippen LogP contribution is 2.15. The van der Waals surface area contributed by atoms with Gasteiger partial charge in [-0.3, -0.25) is 9.59 Å². The van der Waals surface area contributed by atoms with Crippen molar-refractivity contribution in [2.24, 2.45) is 17.6 Å². The molecule has 14 heavy (non-hydrogen) atoms. The average Bonchev–Trinajstić information content (AvgIpc) is 2.51. The molecule has 80 valence electrons. The molecule has 5 nitrogen and oxygen atoms in total. The first kappa shape index (κ1) is 11.0. The molecule has 1 unspecified atom stereocenters. The van der Waals surface area contributed by atoms with Crippen molar-refractivity contribution in [3.8, 4) is 0 Å². The summed E-state index contributed by atoms with van der Waals surface area (Å²) in [6.07, 6.45) is 0. The molecule has 0 spiro atoms. The number of hydrogen-bond acceptors (Lipinski definition) is 3. The lowest BCUT2D eigenvalue weighted by atomic mass is 9.97. The summed E-state index contributed by atoms with van der Waals surface area (Å²) < 4.78 is 0. The molecule has 1 aliphatic rings. The number of carbonyl (C=O) groups is 2. The van der Waals surface area contributed by atoms with Crippen molar-refractivity contribution >= 4 is 11.8 Å². The molecule has 0 aromatic heterocycles. The normalized spacial score (nSPS) is 28.4. The van der Waals surface area contributed by atoms with Crippen LogP contribution in [0.15, 0.2) is 0 Å². The highest BCUT2D eigenvalue weighted by Gasteiger charge is 2.30. The molecule has 1 rings (SSSR count). The molecule has 1 aliphatic heterocycles. The second-order valence-electron chi connectivity index (χ2n) is 3.87. The molecule has 5 heteroatoms. The van der Waals surface area contributed by atoms with Crippen LogP contribution in [0.1, 0.15) is 13.8 Å². The van der Waals surface area contributed by atoms with Crippen LogP contribution in [-0.4, -0.2) is 30.9 Å². The number of nitrogens with one attached hydrogen (secondary N) is 2. The van der Waals surface area contributed by atoms with E-state index in [0.717, 1.165) is 6.54 Å². The summed E-state index contributed by atoms with van der Waals surface area (Å²) in [5.74, 6) is -0.322. The lowest BCUT2D eigenvalue weighted by Gasteiger charge is -2.16. The summed E-state index contributed by atoms with van der Waals surface area (Å²) >= 11 is 0. The van der Waals surface area contributed by atoms with Crippen molar-refractivity contribution in [1.82, 2.24) is 10.6 Å². The predicted octanol–water partition coefficient (Wildman–Crippen LogP) is -1.17. The van der Waals surface area contributed by atoms with Gasteiger partial charge in [0.15, 0.2) is 0 Å². The maximum Gasteiger partial charge on any atom is 0.239 e. The van der Waals surface area contributed by atoms with E-state index in [-0.39, 0.29) is 11.8 Å². The molecule has 0 saturated carbocycles. The van der Waals surface area contributed by atoms with E-state index in [0.29, 0.717) is 12.5 Å². The highest BCUT2D eigenvalue weighted by molar-refractivity contribution is 5.87. The zero-order valence-corrected chi connectivity index (χ0v) is 8.54. The van der Waals surface area contributed by atoms with Crippen LogP contribution in [0, 0.1) is 11.8 Å². The minimum Gasteiger partial charge on any atom is -0.368 e. The number of carbonyl (C=O) groups excluding carboxylic acids is 2. The Morgan fingerprint density at radius 2 is 2.14 bits per heavy atom. The lowest BCUT2D eigenvalue weighted by Crippen LogP contribution is -2.45. The standard InChI is InChI=1S/C9H17N3O2/c1-5-3-11-4-7(5)9(14)12-6(2)8(10)13/h5-7,11H,3-4H2,1-2H3,(H2,10,13)(H,12,14)/t5-,6?,7-/m1/s1. The van der Waals surface area contributed by atoms with Crippen molar-refractivity contribution in [2.45, 2.75) is 19.9 Å². The number of rotatable bonds is 3. The van der Waals surface area contributed by atoms with Crippen LogP contribution in [0.4, 0.5) is 0 Å². The minimum absolute atomic E-state index is 0.0446. The summed E-state index contributed by atoms with van der Waals surface area (Å²) in [5.41, 5.74) is 5.05. The Balaban J connectivity index is 2.45. The molecule has 1 heterocycles. The second kappa shape index (κ2) is 4.41. The Kier molecular flexibility index (Phi) is 3.46. The Hall–Kier alpha value is -1.10. The summed E-state index contributed by atoms with van der Waals surface area (Å²) in [6, 6.07) is -0.588. The number of hydrogen-bond donors (Lipinski definition) is 3. The van der Waals surface area contributed by atoms with Crippen molar-refractivity contribution < 1.29 is 9.59 Å². The molecule has 3 atom stereocenters. The quantitative estimate of drug-likeness (QED) is 0.535. The van der Waals surface area contributed by atoms with Crippen LogP contribution in [0.3, 0.4) is 0 Å². The molecule has 1 fully saturated rings. The predicted molar refractivity (Wildman–Crippen MR) is 52.3 cm³/mol. The zero-order valence-electron chi connectivity index (χ0n) is 8.54. The van der Waals surface area contributed by atoms with E-state index in [1.54, 1.807) is 6.92 Å². The molecule has 0 aromatic rings. The molecule has 0 bridgehead atoms. The van der Waals surface area contributed by atoms with E-state index < -0.39 is 11.9 Å². The number of primary amides is 1. The Bertz CT molecular complexity index is 242. The minimum atomic E-state index is -0.588. The largest absolute Gasteiger partial charge is 0.368 e. The van der Waals surface area contributed by atoms with Gasteiger partial charge in [0.05, 0.1) is 5.92 Å². The van der Waals surface area contributed by atoms with Gasteiger partial charge < -0.3 is 16.4 Å². The van der Waals surface area contributed by atoms with E-state index in [1.807, 2.05) is 6.92 Å². The molecule has 0 aromatic carbocycles. The maximum absolute atomic E-state index is 11.6. The molecule has 0 aliphatic carbocycles. The van der Waals surface area contributed by atoms with E-state index in [2.05, 4.69) is 10.6 Å². The van der Waals surface area contributed by atoms with E-state index >= 15 is 0 Å². The van der Waals surface area contributed by atoms with Gasteiger partial charge in [0.2, 0.25) is 11.8 Å². The molecular formula is C9H17N3O2. The third-order valence-electron chi connectivity index (χ3n) is 2.64. The van der Waals surface area contributed by atoms with Gasteiger partial charge in [0.25, 0.3) is 0 Å². The van der Waals surface area contributed by atoms with Gasteiger partial charge in [0.1, 0.15) is 6.04 Å². The van der Waals surface area contributed by atoms with Gasteiger partial charge in [-0.05, 0) is 19.4 Å². The van der Waals surface area contributed by atoms with Gasteiger partial charge in [-0.2, -0.15) is 0 Å². The van der Waals surface area contributed by atoms with Crippen LogP contribution < -0.4 is 16.4 Å². The average molecular weight is 199 g/mol. The fourth-order valence-corrected chi connectivity index (χ4v) is 1.55. The molecule has 4 N–H and O–H groups in total. The van der Waals surface area contributed by atoms with Gasteiger partial charge in [-0.1, -0.05) is 6.92 Å². The van der Waals surface area contributed by atoms with Crippen LogP contribution in [-0.2, 0) is 9.59 Å². The fraction of sp³-hybridized carbons (Fsp3) is 0.778. The van der Waals surface area contributed by atoms with Gasteiger partial charge in [-0.15, -0.1) is 0 Å². The van der Waals surface area contributed by atoms with Crippen LogP contribution >= 0.6 is 0 Å². The number of amides is 2. The summed E-state index contributed by atoms with van der Waals surface area (Å²) in [5, 5.41) is 5.73. The summed E-state index contributed by atoms with van der Waals surface area (Å²) in [4.78, 5) is 22.3. The maximum atomic E-state index is 11.6. The first-order chi connectivity index (χ1) is 6.52. The third-order valence-corrected chi connectivity index (χ3v) is 2.64. The van der Waals surface area contributed by atoms with E-state index in [4.69, 9.17) is 5.73 Å². The zero-order chi connectivity index (χ0) is 10.7. The Labute approximate surface area is 83.4 Å². The van der Waals surface area contributed by atoms with Crippen molar-refractivity contribution in [1.29, 1.82) is 0 Å². The van der Waals surface area contributed by atoms with Crippen molar-refractivity contribution in [3.63, 3.8) is 0 Å². The topological polar surface area (TPSA) is 84.2 Å². The first-order valence-corrected chi connectivity index (χ1v) is 4.82. The smallest absolute Gasteiger partial charge is 0.239 e. The van der Waals surface area contributed by atoms with Crippen molar-refractivity contribution in [2.75, 3.05) is 13.1 Å². The summed E-state index contributed by atoms with van der Waals surface area (Å²) in [6.45, 7) is 5.13. The molecule has 0 radical (unpaired) electrons. The summed E-state index contributed by atoms with van der Waals surface area (Å²) in [7, 11) is 0. The lowest BCUT2D eigenvalue weighted by molar-refractivity contribution is -0.129. The highest BCUT2D eigenvalue weighted by atomic mass is 16.2. The van der Waals surface area contributed by atoms with Crippen LogP contribution in [0.2, 0.25) is 0 Å². The van der Waals surface area contributed by atoms with E-state index in [1.165, 1.54) is 0 Å². The Morgan fingerprint density at radius 3 is 2.57 bits per heavy atom. The van der Waals surface area contributed by atoms with E-state index in [9.17, 15) is 9.59 Å². The Morgan fingerprint density at radius 1 is 1.50 bits per heavy atom. The number of nitrogens with two attached hydrogens (primary N) is 1. The van der Waals surface area contributed by atoms with Gasteiger partial charge in [-0.25, -0.2) is 0 Å². The van der Waals surface area contributed by atoms with Crippen LogP contribution in [0.5, 0.6) is 0 Å². The fourth-order valence-electron chi connectivity index (χ4n) is 1.55. The monoisotopic (exact) mass is 199 g/mol. The van der Waals surface area contributed by atoms with Gasteiger partial charge in [0, 0.05) is 6.54 Å². The van der Waals surface area contributed by atoms with Crippen molar-refractivity contribution in [3.05, 3.63) is 0 Å². The van der Waals surface area contributed by atoms with Crippen LogP contribution in [0.25, 0.3) is 0 Å². The molecule has 2 amide bonds.